The average Bonchev–Trinajstić information content (AvgIpc) is 3.07. The zero-order valence-corrected chi connectivity index (χ0v) is 16.9. The second-order valence-electron chi connectivity index (χ2n) is 7.78. The van der Waals surface area contributed by atoms with Crippen LogP contribution < -0.4 is 10.7 Å². The molecule has 2 saturated carbocycles. The summed E-state index contributed by atoms with van der Waals surface area (Å²) in [7, 11) is 0. The molecule has 7 heteroatoms. The third-order valence-corrected chi connectivity index (χ3v) is 7.11. The van der Waals surface area contributed by atoms with E-state index in [4.69, 9.17) is 35.4 Å². The Balaban J connectivity index is 1.66. The Bertz CT molecular complexity index is 737. The number of halogens is 2. The van der Waals surface area contributed by atoms with Crippen molar-refractivity contribution in [3.8, 4) is 5.75 Å². The van der Waals surface area contributed by atoms with Gasteiger partial charge in [-0.25, -0.2) is 0 Å². The number of benzene rings is 1. The molecule has 0 amide bonds. The Morgan fingerprint density at radius 2 is 1.96 bits per heavy atom. The minimum absolute atomic E-state index is 0.0446. The van der Waals surface area contributed by atoms with Gasteiger partial charge in [0.05, 0.1) is 11.2 Å². The van der Waals surface area contributed by atoms with Crippen molar-refractivity contribution in [1.82, 2.24) is 10.7 Å². The zero-order chi connectivity index (χ0) is 18.4. The van der Waals surface area contributed by atoms with Gasteiger partial charge in [-0.3, -0.25) is 5.43 Å². The summed E-state index contributed by atoms with van der Waals surface area (Å²) >= 11 is 17.3. The van der Waals surface area contributed by atoms with Gasteiger partial charge in [0.2, 0.25) is 0 Å². The quantitative estimate of drug-likeness (QED) is 0.391. The lowest BCUT2D eigenvalue weighted by Crippen LogP contribution is -2.60. The van der Waals surface area contributed by atoms with Crippen molar-refractivity contribution in [2.75, 3.05) is 0 Å². The maximum atomic E-state index is 9.94. The highest BCUT2D eigenvalue weighted by atomic mass is 35.5. The van der Waals surface area contributed by atoms with Crippen molar-refractivity contribution in [3.63, 3.8) is 0 Å². The van der Waals surface area contributed by atoms with E-state index in [-0.39, 0.29) is 21.7 Å². The fourth-order valence-electron chi connectivity index (χ4n) is 4.48. The molecule has 25 heavy (non-hydrogen) atoms. The average molecular weight is 400 g/mol. The number of phenols is 1. The molecule has 4 nitrogen and oxygen atoms in total. The van der Waals surface area contributed by atoms with Gasteiger partial charge in [-0.15, -0.1) is 0 Å². The van der Waals surface area contributed by atoms with E-state index in [1.165, 1.54) is 31.5 Å². The van der Waals surface area contributed by atoms with Crippen molar-refractivity contribution in [1.29, 1.82) is 0 Å². The minimum atomic E-state index is -0.0586. The van der Waals surface area contributed by atoms with Crippen molar-refractivity contribution in [2.24, 2.45) is 22.4 Å². The number of phenolic OH excluding ortho intramolecular Hbond substituents is 1. The molecule has 0 heterocycles. The number of thiocarbonyl (C=S) groups is 1. The summed E-state index contributed by atoms with van der Waals surface area (Å²) in [6, 6.07) is 3.07. The Morgan fingerprint density at radius 3 is 2.60 bits per heavy atom. The summed E-state index contributed by atoms with van der Waals surface area (Å²) in [5, 5.41) is 18.6. The molecule has 0 radical (unpaired) electrons. The highest BCUT2D eigenvalue weighted by Crippen LogP contribution is 2.61. The third kappa shape index (κ3) is 3.22. The molecule has 1 aromatic rings. The maximum absolute atomic E-state index is 9.94. The molecule has 0 saturated heterocycles. The van der Waals surface area contributed by atoms with Crippen LogP contribution in [0.3, 0.4) is 0 Å². The van der Waals surface area contributed by atoms with E-state index in [2.05, 4.69) is 36.6 Å². The summed E-state index contributed by atoms with van der Waals surface area (Å²) in [6.07, 6.45) is 5.27. The summed E-state index contributed by atoms with van der Waals surface area (Å²) in [5.74, 6) is 1.32. The van der Waals surface area contributed by atoms with Crippen molar-refractivity contribution < 1.29 is 5.11 Å². The van der Waals surface area contributed by atoms with E-state index in [1.54, 1.807) is 6.07 Å². The summed E-state index contributed by atoms with van der Waals surface area (Å²) in [4.78, 5) is 0. The van der Waals surface area contributed by atoms with Gasteiger partial charge in [0.1, 0.15) is 5.75 Å². The Kier molecular flexibility index (Phi) is 4.95. The number of hydrazone groups is 1. The molecular formula is C18H23Cl2N3OS. The van der Waals surface area contributed by atoms with Crippen LogP contribution >= 0.6 is 35.4 Å². The second-order valence-corrected chi connectivity index (χ2v) is 9.03. The van der Waals surface area contributed by atoms with Gasteiger partial charge in [0, 0.05) is 16.1 Å². The largest absolute Gasteiger partial charge is 0.506 e. The topological polar surface area (TPSA) is 56.7 Å². The normalized spacial score (nSPS) is 30.0. The van der Waals surface area contributed by atoms with Crippen molar-refractivity contribution >= 4 is 46.7 Å². The molecule has 3 rings (SSSR count). The molecule has 1 aromatic carbocycles. The first-order valence-electron chi connectivity index (χ1n) is 8.44. The van der Waals surface area contributed by atoms with Gasteiger partial charge >= 0.3 is 0 Å². The molecule has 0 aliphatic heterocycles. The molecule has 3 N–H and O–H groups in total. The van der Waals surface area contributed by atoms with E-state index in [9.17, 15) is 5.11 Å². The first kappa shape index (κ1) is 18.7. The molecule has 0 unspecified atom stereocenters. The number of nitrogens with one attached hydrogen (secondary N) is 2. The fourth-order valence-corrected chi connectivity index (χ4v) is 5.26. The molecule has 2 aliphatic rings. The Hall–Kier alpha value is -1.04. The van der Waals surface area contributed by atoms with Crippen LogP contribution in [0, 0.1) is 17.3 Å². The molecule has 136 valence electrons. The summed E-state index contributed by atoms with van der Waals surface area (Å²) < 4.78 is 0. The SMILES string of the molecule is CC1(C)[C@H]2CC[C@@H](C2)[C@@]1(C)NC(=S)N/N=C\c1cc(Cl)cc(Cl)c1O. The highest BCUT2D eigenvalue weighted by Gasteiger charge is 2.60. The summed E-state index contributed by atoms with van der Waals surface area (Å²) in [5.41, 5.74) is 3.41. The molecule has 0 aromatic heterocycles. The van der Waals surface area contributed by atoms with Gasteiger partial charge in [-0.2, -0.15) is 5.10 Å². The monoisotopic (exact) mass is 399 g/mol. The third-order valence-electron chi connectivity index (χ3n) is 6.41. The van der Waals surface area contributed by atoms with E-state index < -0.39 is 0 Å². The van der Waals surface area contributed by atoms with Crippen LogP contribution in [0.15, 0.2) is 17.2 Å². The van der Waals surface area contributed by atoms with Gasteiger partial charge in [-0.05, 0) is 67.8 Å². The number of fused-ring (bicyclic) bond motifs is 2. The highest BCUT2D eigenvalue weighted by molar-refractivity contribution is 7.80. The molecular weight excluding hydrogens is 377 g/mol. The number of aromatic hydroxyl groups is 1. The number of rotatable bonds is 3. The lowest BCUT2D eigenvalue weighted by Gasteiger charge is -2.48. The first-order chi connectivity index (χ1) is 11.6. The predicted octanol–water partition coefficient (Wildman–Crippen LogP) is 4.71. The van der Waals surface area contributed by atoms with Crippen molar-refractivity contribution in [3.05, 3.63) is 27.7 Å². The van der Waals surface area contributed by atoms with Crippen LogP contribution in [0.1, 0.15) is 45.6 Å². The van der Waals surface area contributed by atoms with Crippen LogP contribution in [0.2, 0.25) is 10.0 Å². The van der Waals surface area contributed by atoms with Crippen LogP contribution in [-0.2, 0) is 0 Å². The van der Waals surface area contributed by atoms with E-state index in [0.29, 0.717) is 21.6 Å². The second kappa shape index (κ2) is 6.60. The molecule has 0 spiro atoms. The van der Waals surface area contributed by atoms with Crippen LogP contribution in [0.5, 0.6) is 5.75 Å². The van der Waals surface area contributed by atoms with E-state index in [1.807, 2.05) is 0 Å². The number of hydrogen-bond donors (Lipinski definition) is 3. The minimum Gasteiger partial charge on any atom is -0.506 e. The van der Waals surface area contributed by atoms with Gasteiger partial charge in [-0.1, -0.05) is 37.0 Å². The number of nitrogens with zero attached hydrogens (tertiary/aromatic N) is 1. The summed E-state index contributed by atoms with van der Waals surface area (Å²) in [6.45, 7) is 6.90. The van der Waals surface area contributed by atoms with Crippen LogP contribution in [0.25, 0.3) is 0 Å². The lowest BCUT2D eigenvalue weighted by molar-refractivity contribution is 0.0833. The van der Waals surface area contributed by atoms with Gasteiger partial charge in [0.25, 0.3) is 0 Å². The molecule has 2 bridgehead atoms. The molecule has 2 fully saturated rings. The predicted molar refractivity (Wildman–Crippen MR) is 108 cm³/mol. The Morgan fingerprint density at radius 1 is 1.28 bits per heavy atom. The van der Waals surface area contributed by atoms with Crippen LogP contribution in [-0.4, -0.2) is 22.0 Å². The maximum Gasteiger partial charge on any atom is 0.187 e. The van der Waals surface area contributed by atoms with E-state index in [0.717, 1.165) is 5.92 Å². The van der Waals surface area contributed by atoms with E-state index >= 15 is 0 Å². The first-order valence-corrected chi connectivity index (χ1v) is 9.61. The molecule has 3 atom stereocenters. The zero-order valence-electron chi connectivity index (χ0n) is 14.6. The standard InChI is InChI=1S/C18H23Cl2N3OS/c1-17(2)11-4-5-12(7-11)18(17,3)22-16(25)23-21-9-10-6-13(19)8-14(20)15(10)24/h6,8-9,11-12,24H,4-5,7H2,1-3H3,(H2,22,23,25)/b21-9-/t11-,12-,18+/m0/s1. The number of hydrogen-bond acceptors (Lipinski definition) is 3. The van der Waals surface area contributed by atoms with Crippen LogP contribution in [0.4, 0.5) is 0 Å². The fraction of sp³-hybridized carbons (Fsp3) is 0.556. The lowest BCUT2D eigenvalue weighted by atomic mass is 9.64. The molecule has 2 aliphatic carbocycles. The van der Waals surface area contributed by atoms with Crippen molar-refractivity contribution in [2.45, 2.75) is 45.6 Å². The van der Waals surface area contributed by atoms with Gasteiger partial charge < -0.3 is 10.4 Å². The van der Waals surface area contributed by atoms with Gasteiger partial charge in [0.15, 0.2) is 5.11 Å². The Labute approximate surface area is 164 Å². The smallest absolute Gasteiger partial charge is 0.187 e.